The molecule has 14 heavy (non-hydrogen) atoms. The number of thiophene rings is 1. The molecule has 2 unspecified atom stereocenters. The van der Waals surface area contributed by atoms with Crippen LogP contribution in [0.15, 0.2) is 15.9 Å². The normalized spacial score (nSPS) is 15.4. The fraction of sp³-hybridized carbons (Fsp3) is 0.636. The first-order valence-corrected chi connectivity index (χ1v) is 6.79. The largest absolute Gasteiger partial charge is 0.327 e. The Morgan fingerprint density at radius 3 is 2.79 bits per heavy atom. The quantitative estimate of drug-likeness (QED) is 0.869. The molecule has 3 heteroatoms. The highest BCUT2D eigenvalue weighted by molar-refractivity contribution is 9.10. The first-order chi connectivity index (χ1) is 6.65. The second kappa shape index (κ2) is 5.89. The van der Waals surface area contributed by atoms with Crippen LogP contribution in [-0.2, 0) is 6.42 Å². The van der Waals surface area contributed by atoms with E-state index in [1.165, 1.54) is 22.2 Å². The van der Waals surface area contributed by atoms with Crippen molar-refractivity contribution < 1.29 is 0 Å². The lowest BCUT2D eigenvalue weighted by molar-refractivity contribution is 0.421. The molecule has 0 aliphatic rings. The molecule has 0 aromatic carbocycles. The molecule has 0 saturated heterocycles. The predicted octanol–water partition coefficient (Wildman–Crippen LogP) is 3.82. The maximum Gasteiger partial charge on any atom is 0.0314 e. The Balaban J connectivity index is 2.48. The third-order valence-corrected chi connectivity index (χ3v) is 4.54. The van der Waals surface area contributed by atoms with Gasteiger partial charge in [0.15, 0.2) is 0 Å². The molecule has 2 N–H and O–H groups in total. The van der Waals surface area contributed by atoms with Crippen molar-refractivity contribution in [2.75, 3.05) is 0 Å². The summed E-state index contributed by atoms with van der Waals surface area (Å²) in [6.07, 6.45) is 3.45. The Labute approximate surface area is 98.8 Å². The van der Waals surface area contributed by atoms with Gasteiger partial charge in [0.05, 0.1) is 0 Å². The summed E-state index contributed by atoms with van der Waals surface area (Å²) in [5.41, 5.74) is 6.15. The highest BCUT2D eigenvalue weighted by Gasteiger charge is 2.14. The molecule has 0 saturated carbocycles. The molecule has 0 fully saturated rings. The topological polar surface area (TPSA) is 26.0 Å². The first kappa shape index (κ1) is 12.2. The van der Waals surface area contributed by atoms with E-state index in [4.69, 9.17) is 5.73 Å². The Bertz CT molecular complexity index is 272. The molecule has 0 bridgehead atoms. The maximum atomic E-state index is 6.15. The van der Waals surface area contributed by atoms with E-state index in [2.05, 4.69) is 41.2 Å². The Morgan fingerprint density at radius 1 is 1.57 bits per heavy atom. The lowest BCUT2D eigenvalue weighted by Crippen LogP contribution is -2.30. The van der Waals surface area contributed by atoms with Crippen LogP contribution in [0.4, 0.5) is 0 Å². The van der Waals surface area contributed by atoms with Gasteiger partial charge in [-0.3, -0.25) is 0 Å². The number of rotatable bonds is 5. The van der Waals surface area contributed by atoms with Gasteiger partial charge in [-0.05, 0) is 46.1 Å². The minimum Gasteiger partial charge on any atom is -0.327 e. The third kappa shape index (κ3) is 3.37. The van der Waals surface area contributed by atoms with Crippen LogP contribution in [0.2, 0.25) is 0 Å². The van der Waals surface area contributed by atoms with Crippen molar-refractivity contribution >= 4 is 27.3 Å². The Kier molecular flexibility index (Phi) is 5.13. The monoisotopic (exact) mass is 275 g/mol. The predicted molar refractivity (Wildman–Crippen MR) is 67.8 cm³/mol. The second-order valence-corrected chi connectivity index (χ2v) is 5.68. The summed E-state index contributed by atoms with van der Waals surface area (Å²) in [4.78, 5) is 1.38. The van der Waals surface area contributed by atoms with Gasteiger partial charge in [-0.2, -0.15) is 0 Å². The molecule has 0 radical (unpaired) electrons. The van der Waals surface area contributed by atoms with Gasteiger partial charge in [0.25, 0.3) is 0 Å². The van der Waals surface area contributed by atoms with E-state index in [1.807, 2.05) is 0 Å². The van der Waals surface area contributed by atoms with Crippen molar-refractivity contribution in [2.24, 2.45) is 11.7 Å². The molecule has 0 aliphatic heterocycles. The zero-order valence-corrected chi connectivity index (χ0v) is 11.2. The summed E-state index contributed by atoms with van der Waals surface area (Å²) < 4.78 is 1.21. The minimum absolute atomic E-state index is 0.296. The summed E-state index contributed by atoms with van der Waals surface area (Å²) in [6.45, 7) is 4.46. The van der Waals surface area contributed by atoms with E-state index < -0.39 is 0 Å². The summed E-state index contributed by atoms with van der Waals surface area (Å²) in [6, 6.07) is 2.39. The lowest BCUT2D eigenvalue weighted by Gasteiger charge is -2.18. The van der Waals surface area contributed by atoms with Crippen LogP contribution in [-0.4, -0.2) is 6.04 Å². The van der Waals surface area contributed by atoms with Gasteiger partial charge < -0.3 is 5.73 Å². The lowest BCUT2D eigenvalue weighted by atomic mass is 9.95. The van der Waals surface area contributed by atoms with Gasteiger partial charge >= 0.3 is 0 Å². The average molecular weight is 276 g/mol. The highest BCUT2D eigenvalue weighted by Crippen LogP contribution is 2.25. The standard InChI is InChI=1S/C11H18BrNS/c1-3-4-8(2)10(13)7-11-9(12)5-6-14-11/h5-6,8,10H,3-4,7,13H2,1-2H3. The molecular formula is C11H18BrNS. The number of hydrogen-bond acceptors (Lipinski definition) is 2. The van der Waals surface area contributed by atoms with E-state index in [0.717, 1.165) is 6.42 Å². The van der Waals surface area contributed by atoms with Crippen molar-refractivity contribution in [1.82, 2.24) is 0 Å². The van der Waals surface area contributed by atoms with E-state index in [1.54, 1.807) is 11.3 Å². The molecule has 2 atom stereocenters. The molecular weight excluding hydrogens is 258 g/mol. The van der Waals surface area contributed by atoms with Crippen LogP contribution in [0, 0.1) is 5.92 Å². The maximum absolute atomic E-state index is 6.15. The molecule has 1 rings (SSSR count). The van der Waals surface area contributed by atoms with E-state index in [0.29, 0.717) is 12.0 Å². The summed E-state index contributed by atoms with van der Waals surface area (Å²) >= 11 is 5.32. The molecule has 1 nitrogen and oxygen atoms in total. The fourth-order valence-corrected chi connectivity index (χ4v) is 3.14. The molecule has 1 aromatic rings. The minimum atomic E-state index is 0.296. The number of nitrogens with two attached hydrogens (primary N) is 1. The smallest absolute Gasteiger partial charge is 0.0314 e. The van der Waals surface area contributed by atoms with Gasteiger partial charge in [0, 0.05) is 15.4 Å². The molecule has 1 heterocycles. The Morgan fingerprint density at radius 2 is 2.29 bits per heavy atom. The van der Waals surface area contributed by atoms with Gasteiger partial charge in [0.2, 0.25) is 0 Å². The van der Waals surface area contributed by atoms with E-state index in [9.17, 15) is 0 Å². The van der Waals surface area contributed by atoms with Crippen LogP contribution >= 0.6 is 27.3 Å². The second-order valence-electron chi connectivity index (χ2n) is 3.83. The van der Waals surface area contributed by atoms with Crippen LogP contribution < -0.4 is 5.73 Å². The van der Waals surface area contributed by atoms with E-state index >= 15 is 0 Å². The molecule has 0 spiro atoms. The van der Waals surface area contributed by atoms with Crippen LogP contribution in [0.1, 0.15) is 31.6 Å². The highest BCUT2D eigenvalue weighted by atomic mass is 79.9. The van der Waals surface area contributed by atoms with Crippen molar-refractivity contribution in [2.45, 2.75) is 39.2 Å². The first-order valence-electron chi connectivity index (χ1n) is 5.12. The zero-order valence-electron chi connectivity index (χ0n) is 8.79. The summed E-state index contributed by atoms with van der Waals surface area (Å²) in [5.74, 6) is 0.619. The SMILES string of the molecule is CCCC(C)C(N)Cc1sccc1Br. The Hall–Kier alpha value is 0.140. The van der Waals surface area contributed by atoms with E-state index in [-0.39, 0.29) is 0 Å². The third-order valence-electron chi connectivity index (χ3n) is 2.59. The van der Waals surface area contributed by atoms with Crippen LogP contribution in [0.5, 0.6) is 0 Å². The van der Waals surface area contributed by atoms with Gasteiger partial charge in [-0.25, -0.2) is 0 Å². The van der Waals surface area contributed by atoms with Crippen LogP contribution in [0.25, 0.3) is 0 Å². The zero-order chi connectivity index (χ0) is 10.6. The van der Waals surface area contributed by atoms with Crippen LogP contribution in [0.3, 0.4) is 0 Å². The van der Waals surface area contributed by atoms with Gasteiger partial charge in [-0.1, -0.05) is 20.3 Å². The van der Waals surface area contributed by atoms with Crippen molar-refractivity contribution in [3.8, 4) is 0 Å². The summed E-state index contributed by atoms with van der Waals surface area (Å²) in [7, 11) is 0. The molecule has 0 aliphatic carbocycles. The fourth-order valence-electron chi connectivity index (χ4n) is 1.56. The average Bonchev–Trinajstić information content (AvgIpc) is 2.52. The number of halogens is 1. The summed E-state index contributed by atoms with van der Waals surface area (Å²) in [5, 5.41) is 2.11. The van der Waals surface area contributed by atoms with Crippen molar-refractivity contribution in [1.29, 1.82) is 0 Å². The van der Waals surface area contributed by atoms with Crippen molar-refractivity contribution in [3.05, 3.63) is 20.8 Å². The molecule has 80 valence electrons. The van der Waals surface area contributed by atoms with Gasteiger partial charge in [-0.15, -0.1) is 11.3 Å². The van der Waals surface area contributed by atoms with Crippen molar-refractivity contribution in [3.63, 3.8) is 0 Å². The van der Waals surface area contributed by atoms with Gasteiger partial charge in [0.1, 0.15) is 0 Å². The number of hydrogen-bond donors (Lipinski definition) is 1. The molecule has 1 aromatic heterocycles. The molecule has 0 amide bonds.